The lowest BCUT2D eigenvalue weighted by Gasteiger charge is -2.25. The molecule has 0 bridgehead atoms. The minimum absolute atomic E-state index is 0.156. The third kappa shape index (κ3) is 4.87. The molecule has 0 saturated heterocycles. The molecule has 2 N–H and O–H groups in total. The molecule has 0 saturated carbocycles. The van der Waals surface area contributed by atoms with E-state index in [4.69, 9.17) is 0 Å². The molecule has 4 amide bonds. The largest absolute Gasteiger partial charge is 0.332 e. The van der Waals surface area contributed by atoms with Crippen LogP contribution >= 0.6 is 11.3 Å². The highest BCUT2D eigenvalue weighted by atomic mass is 32.1. The van der Waals surface area contributed by atoms with Crippen molar-refractivity contribution in [1.82, 2.24) is 20.5 Å². The number of rotatable bonds is 7. The first kappa shape index (κ1) is 23.4. The van der Waals surface area contributed by atoms with Gasteiger partial charge in [0, 0.05) is 29.7 Å². The summed E-state index contributed by atoms with van der Waals surface area (Å²) in [6.45, 7) is 0.467. The van der Waals surface area contributed by atoms with Crippen LogP contribution in [-0.4, -0.2) is 34.8 Å². The Bertz CT molecular complexity index is 1420. The second kappa shape index (κ2) is 10.1. The van der Waals surface area contributed by atoms with Crippen molar-refractivity contribution in [2.45, 2.75) is 12.6 Å². The van der Waals surface area contributed by atoms with Crippen LogP contribution in [0.1, 0.15) is 27.5 Å². The van der Waals surface area contributed by atoms with E-state index >= 15 is 0 Å². The molecule has 180 valence electrons. The zero-order chi connectivity index (χ0) is 25.1. The van der Waals surface area contributed by atoms with Crippen molar-refractivity contribution in [3.63, 3.8) is 0 Å². The van der Waals surface area contributed by atoms with Crippen molar-refractivity contribution < 1.29 is 18.8 Å². The van der Waals surface area contributed by atoms with Crippen molar-refractivity contribution in [2.75, 3.05) is 6.54 Å². The normalized spacial score (nSPS) is 13.2. The summed E-state index contributed by atoms with van der Waals surface area (Å²) >= 11 is 1.63. The van der Waals surface area contributed by atoms with Gasteiger partial charge in [0.25, 0.3) is 5.91 Å². The molecule has 7 nitrogen and oxygen atoms in total. The van der Waals surface area contributed by atoms with Gasteiger partial charge in [0.15, 0.2) is 0 Å². The maximum absolute atomic E-state index is 13.7. The Morgan fingerprint density at radius 3 is 2.64 bits per heavy atom. The van der Waals surface area contributed by atoms with Crippen molar-refractivity contribution in [1.29, 1.82) is 0 Å². The smallest absolute Gasteiger partial charge is 0.321 e. The summed E-state index contributed by atoms with van der Waals surface area (Å²) in [5.74, 6) is -0.774. The minimum Gasteiger partial charge on any atom is -0.332 e. The van der Waals surface area contributed by atoms with Crippen molar-refractivity contribution in [2.24, 2.45) is 0 Å². The van der Waals surface area contributed by atoms with E-state index < -0.39 is 17.9 Å². The molecule has 2 aromatic heterocycles. The van der Waals surface area contributed by atoms with E-state index in [1.807, 2.05) is 54.6 Å². The average Bonchev–Trinajstić information content (AvgIpc) is 3.50. The first-order valence-electron chi connectivity index (χ1n) is 11.2. The number of imide groups is 1. The number of amides is 4. The summed E-state index contributed by atoms with van der Waals surface area (Å²) in [7, 11) is 0. The molecule has 2 aromatic carbocycles. The van der Waals surface area contributed by atoms with Gasteiger partial charge in [0.05, 0.1) is 16.6 Å². The van der Waals surface area contributed by atoms with Crippen LogP contribution in [-0.2, 0) is 11.3 Å². The number of hydrogen-bond donors (Lipinski definition) is 2. The second-order valence-electron chi connectivity index (χ2n) is 8.28. The van der Waals surface area contributed by atoms with E-state index in [0.29, 0.717) is 18.5 Å². The summed E-state index contributed by atoms with van der Waals surface area (Å²) in [5.41, 5.74) is 3.72. The lowest BCUT2D eigenvalue weighted by atomic mass is 10.0. The Morgan fingerprint density at radius 2 is 1.89 bits per heavy atom. The SMILES string of the molecule is O=CNC(=O)N[C@@H](CN1Cc2ccc(F)cc2C1=O)c1ccc(-c2ccc(-c3ccccn3)s2)cc1. The van der Waals surface area contributed by atoms with Crippen LogP contribution in [0.15, 0.2) is 79.0 Å². The number of halogens is 1. The molecule has 0 radical (unpaired) electrons. The van der Waals surface area contributed by atoms with Crippen LogP contribution in [0, 0.1) is 5.82 Å². The van der Waals surface area contributed by atoms with E-state index in [1.54, 1.807) is 28.5 Å². The van der Waals surface area contributed by atoms with Gasteiger partial charge >= 0.3 is 6.03 Å². The molecule has 1 aliphatic rings. The molecule has 9 heteroatoms. The fraction of sp³-hybridized carbons (Fsp3) is 0.111. The van der Waals surface area contributed by atoms with Crippen LogP contribution in [0.5, 0.6) is 0 Å². The zero-order valence-corrected chi connectivity index (χ0v) is 19.8. The number of aromatic nitrogens is 1. The molecule has 0 spiro atoms. The second-order valence-corrected chi connectivity index (χ2v) is 9.36. The van der Waals surface area contributed by atoms with Gasteiger partial charge in [-0.05, 0) is 53.1 Å². The predicted molar refractivity (Wildman–Crippen MR) is 135 cm³/mol. The summed E-state index contributed by atoms with van der Waals surface area (Å²) in [5, 5.41) is 4.82. The van der Waals surface area contributed by atoms with Gasteiger partial charge in [-0.1, -0.05) is 36.4 Å². The number of thiophene rings is 1. The van der Waals surface area contributed by atoms with Gasteiger partial charge in [-0.2, -0.15) is 0 Å². The van der Waals surface area contributed by atoms with Crippen LogP contribution in [0.4, 0.5) is 9.18 Å². The number of carbonyl (C=O) groups excluding carboxylic acids is 3. The lowest BCUT2D eigenvalue weighted by Crippen LogP contribution is -2.42. The molecule has 0 fully saturated rings. The number of carbonyl (C=O) groups is 3. The Balaban J connectivity index is 1.37. The number of hydrogen-bond acceptors (Lipinski definition) is 5. The monoisotopic (exact) mass is 500 g/mol. The Morgan fingerprint density at radius 1 is 1.08 bits per heavy atom. The molecule has 1 aliphatic heterocycles. The third-order valence-electron chi connectivity index (χ3n) is 5.97. The molecule has 0 unspecified atom stereocenters. The topological polar surface area (TPSA) is 91.4 Å². The van der Waals surface area contributed by atoms with E-state index in [0.717, 1.165) is 32.1 Å². The van der Waals surface area contributed by atoms with Crippen LogP contribution < -0.4 is 10.6 Å². The van der Waals surface area contributed by atoms with Crippen LogP contribution in [0.2, 0.25) is 0 Å². The maximum atomic E-state index is 13.7. The van der Waals surface area contributed by atoms with Gasteiger partial charge in [0.2, 0.25) is 6.41 Å². The molecule has 5 rings (SSSR count). The van der Waals surface area contributed by atoms with Crippen LogP contribution in [0.3, 0.4) is 0 Å². The van der Waals surface area contributed by atoms with Gasteiger partial charge in [0.1, 0.15) is 5.82 Å². The quantitative estimate of drug-likeness (QED) is 0.358. The first-order chi connectivity index (χ1) is 17.5. The molecule has 3 heterocycles. The lowest BCUT2D eigenvalue weighted by molar-refractivity contribution is -0.108. The van der Waals surface area contributed by atoms with E-state index in [9.17, 15) is 18.8 Å². The fourth-order valence-electron chi connectivity index (χ4n) is 4.21. The Hall–Kier alpha value is -4.37. The number of urea groups is 1. The van der Waals surface area contributed by atoms with E-state index in [1.165, 1.54) is 12.1 Å². The number of benzene rings is 2. The zero-order valence-electron chi connectivity index (χ0n) is 19.0. The summed E-state index contributed by atoms with van der Waals surface area (Å²) in [4.78, 5) is 43.8. The van der Waals surface area contributed by atoms with Crippen LogP contribution in [0.25, 0.3) is 21.0 Å². The highest BCUT2D eigenvalue weighted by Gasteiger charge is 2.30. The predicted octanol–water partition coefficient (Wildman–Crippen LogP) is 4.77. The summed E-state index contributed by atoms with van der Waals surface area (Å²) in [6.07, 6.45) is 2.06. The standard InChI is InChI=1S/C27H21FN4O3S/c28-20-9-8-19-14-32(26(34)21(19)13-20)15-23(31-27(35)30-16-33)17-4-6-18(7-5-17)24-10-11-25(36-24)22-3-1-2-12-29-22/h1-13,16,23H,14-15H2,(H2,30,31,33,35)/t23-/m0/s1. The summed E-state index contributed by atoms with van der Waals surface area (Å²) in [6, 6.07) is 20.4. The van der Waals surface area contributed by atoms with Gasteiger partial charge in [-0.15, -0.1) is 11.3 Å². The van der Waals surface area contributed by atoms with Crippen molar-refractivity contribution in [3.8, 4) is 21.0 Å². The fourth-order valence-corrected chi connectivity index (χ4v) is 5.20. The number of pyridine rings is 1. The van der Waals surface area contributed by atoms with Gasteiger partial charge in [-0.25, -0.2) is 9.18 Å². The molecule has 36 heavy (non-hydrogen) atoms. The highest BCUT2D eigenvalue weighted by Crippen LogP contribution is 2.34. The Kier molecular flexibility index (Phi) is 6.55. The molecular weight excluding hydrogens is 479 g/mol. The molecule has 0 aliphatic carbocycles. The van der Waals surface area contributed by atoms with Gasteiger partial charge in [-0.3, -0.25) is 19.9 Å². The first-order valence-corrected chi connectivity index (χ1v) is 12.0. The Labute approximate surface area is 210 Å². The van der Waals surface area contributed by atoms with E-state index in [-0.39, 0.29) is 12.5 Å². The summed E-state index contributed by atoms with van der Waals surface area (Å²) < 4.78 is 13.7. The van der Waals surface area contributed by atoms with Crippen molar-refractivity contribution >= 4 is 29.7 Å². The van der Waals surface area contributed by atoms with Gasteiger partial charge < -0.3 is 10.2 Å². The van der Waals surface area contributed by atoms with E-state index in [2.05, 4.69) is 15.6 Å². The molecule has 4 aromatic rings. The number of nitrogens with one attached hydrogen (secondary N) is 2. The molecule has 1 atom stereocenters. The average molecular weight is 501 g/mol. The maximum Gasteiger partial charge on any atom is 0.321 e. The van der Waals surface area contributed by atoms with Crippen molar-refractivity contribution in [3.05, 3.63) is 102 Å². The highest BCUT2D eigenvalue weighted by molar-refractivity contribution is 7.18. The number of nitrogens with zero attached hydrogens (tertiary/aromatic N) is 2. The third-order valence-corrected chi connectivity index (χ3v) is 7.13. The number of fused-ring (bicyclic) bond motifs is 1. The minimum atomic E-state index is -0.674. The molecular formula is C27H21FN4O3S.